The van der Waals surface area contributed by atoms with Crippen LogP contribution in [-0.2, 0) is 0 Å². The molecule has 1 aromatic carbocycles. The average Bonchev–Trinajstić information content (AvgIpc) is 2.50. The van der Waals surface area contributed by atoms with Gasteiger partial charge in [-0.1, -0.05) is 32.0 Å². The first kappa shape index (κ1) is 17.0. The smallest absolute Gasteiger partial charge is 0.123 e. The van der Waals surface area contributed by atoms with E-state index in [1.807, 2.05) is 12.1 Å². The van der Waals surface area contributed by atoms with Gasteiger partial charge < -0.3 is 9.64 Å². The number of nitrogens with zero attached hydrogens (tertiary/aromatic N) is 2. The lowest BCUT2D eigenvalue weighted by atomic mass is 10.1. The predicted molar refractivity (Wildman–Crippen MR) is 86.4 cm³/mol. The minimum atomic E-state index is 0.386. The Bertz CT molecular complexity index is 381. The van der Waals surface area contributed by atoms with Crippen molar-refractivity contribution in [3.05, 3.63) is 29.8 Å². The molecular weight excluding hydrogens is 248 g/mol. The molecule has 0 radical (unpaired) electrons. The first-order valence-corrected chi connectivity index (χ1v) is 7.69. The molecule has 3 heteroatoms. The number of methoxy groups -OCH3 is 1. The summed E-state index contributed by atoms with van der Waals surface area (Å²) in [5.41, 5.74) is 1.28. The standard InChI is InChI=1S/C17H30N2O/c1-6-12-19(14-13-18(4)7-2)15(3)16-10-8-9-11-17(16)20-5/h8-11,15H,6-7,12-14H2,1-5H3/t15-/m0/s1. The predicted octanol–water partition coefficient (Wildman–Crippen LogP) is 3.42. The monoisotopic (exact) mass is 278 g/mol. The molecule has 0 bridgehead atoms. The Labute approximate surface area is 124 Å². The maximum atomic E-state index is 5.50. The maximum absolute atomic E-state index is 5.50. The van der Waals surface area contributed by atoms with Gasteiger partial charge in [0.15, 0.2) is 0 Å². The van der Waals surface area contributed by atoms with Gasteiger partial charge in [-0.2, -0.15) is 0 Å². The summed E-state index contributed by atoms with van der Waals surface area (Å²) in [6, 6.07) is 8.74. The summed E-state index contributed by atoms with van der Waals surface area (Å²) < 4.78 is 5.50. The summed E-state index contributed by atoms with van der Waals surface area (Å²) in [5.74, 6) is 0.991. The van der Waals surface area contributed by atoms with Gasteiger partial charge in [0.1, 0.15) is 5.75 Å². The molecule has 0 saturated heterocycles. The van der Waals surface area contributed by atoms with Gasteiger partial charge in [0, 0.05) is 24.7 Å². The highest BCUT2D eigenvalue weighted by atomic mass is 16.5. The summed E-state index contributed by atoms with van der Waals surface area (Å²) in [4.78, 5) is 4.90. The highest BCUT2D eigenvalue weighted by Gasteiger charge is 2.18. The Kier molecular flexibility index (Phi) is 7.63. The minimum Gasteiger partial charge on any atom is -0.496 e. The van der Waals surface area contributed by atoms with Gasteiger partial charge in [-0.05, 0) is 39.5 Å². The molecule has 114 valence electrons. The molecule has 0 unspecified atom stereocenters. The Morgan fingerprint density at radius 2 is 1.80 bits per heavy atom. The third-order valence-electron chi connectivity index (χ3n) is 3.96. The molecule has 1 aromatic rings. The van der Waals surface area contributed by atoms with Crippen LogP contribution in [0.5, 0.6) is 5.75 Å². The van der Waals surface area contributed by atoms with E-state index in [4.69, 9.17) is 4.74 Å². The molecule has 20 heavy (non-hydrogen) atoms. The summed E-state index contributed by atoms with van der Waals surface area (Å²) in [6.07, 6.45) is 1.18. The van der Waals surface area contributed by atoms with Crippen LogP contribution in [0.4, 0.5) is 0 Å². The van der Waals surface area contributed by atoms with Gasteiger partial charge in [-0.25, -0.2) is 0 Å². The number of rotatable bonds is 9. The molecule has 0 N–H and O–H groups in total. The highest BCUT2D eigenvalue weighted by Crippen LogP contribution is 2.28. The van der Waals surface area contributed by atoms with Crippen molar-refractivity contribution in [2.75, 3.05) is 40.3 Å². The first-order valence-electron chi connectivity index (χ1n) is 7.69. The van der Waals surface area contributed by atoms with E-state index in [1.165, 1.54) is 12.0 Å². The number of benzene rings is 1. The Morgan fingerprint density at radius 1 is 1.10 bits per heavy atom. The molecule has 3 nitrogen and oxygen atoms in total. The molecule has 0 aromatic heterocycles. The number of ether oxygens (including phenoxy) is 1. The van der Waals surface area contributed by atoms with E-state index < -0.39 is 0 Å². The largest absolute Gasteiger partial charge is 0.496 e. The van der Waals surface area contributed by atoms with Gasteiger partial charge in [-0.3, -0.25) is 4.90 Å². The quantitative estimate of drug-likeness (QED) is 0.688. The van der Waals surface area contributed by atoms with Crippen molar-refractivity contribution >= 4 is 0 Å². The van der Waals surface area contributed by atoms with Crippen LogP contribution in [0, 0.1) is 0 Å². The van der Waals surface area contributed by atoms with E-state index in [9.17, 15) is 0 Å². The van der Waals surface area contributed by atoms with E-state index in [0.29, 0.717) is 6.04 Å². The SMILES string of the molecule is CCCN(CCN(C)CC)[C@@H](C)c1ccccc1OC. The highest BCUT2D eigenvalue weighted by molar-refractivity contribution is 5.35. The van der Waals surface area contributed by atoms with Crippen LogP contribution in [0.3, 0.4) is 0 Å². The van der Waals surface area contributed by atoms with Gasteiger partial charge in [0.2, 0.25) is 0 Å². The lowest BCUT2D eigenvalue weighted by molar-refractivity contribution is 0.180. The molecule has 0 fully saturated rings. The van der Waals surface area contributed by atoms with Crippen LogP contribution in [-0.4, -0.2) is 50.1 Å². The summed E-state index contributed by atoms with van der Waals surface area (Å²) in [5, 5.41) is 0. The van der Waals surface area contributed by atoms with Crippen molar-refractivity contribution in [2.24, 2.45) is 0 Å². The van der Waals surface area contributed by atoms with E-state index >= 15 is 0 Å². The topological polar surface area (TPSA) is 15.7 Å². The lowest BCUT2D eigenvalue weighted by Crippen LogP contribution is -2.35. The number of hydrogen-bond donors (Lipinski definition) is 0. The zero-order chi connectivity index (χ0) is 15.0. The summed E-state index contributed by atoms with van der Waals surface area (Å²) in [6.45, 7) is 11.1. The van der Waals surface area contributed by atoms with Crippen LogP contribution in [0.15, 0.2) is 24.3 Å². The zero-order valence-electron chi connectivity index (χ0n) is 13.7. The molecule has 0 aliphatic rings. The van der Waals surface area contributed by atoms with Crippen molar-refractivity contribution in [2.45, 2.75) is 33.2 Å². The van der Waals surface area contributed by atoms with Gasteiger partial charge in [0.05, 0.1) is 7.11 Å². The molecule has 0 heterocycles. The second-order valence-corrected chi connectivity index (χ2v) is 5.35. The van der Waals surface area contributed by atoms with Gasteiger partial charge >= 0.3 is 0 Å². The van der Waals surface area contributed by atoms with Crippen LogP contribution < -0.4 is 4.74 Å². The van der Waals surface area contributed by atoms with Gasteiger partial charge in [0.25, 0.3) is 0 Å². The molecular formula is C17H30N2O. The molecule has 1 rings (SSSR count). The van der Waals surface area contributed by atoms with E-state index in [2.05, 4.69) is 49.8 Å². The third kappa shape index (κ3) is 4.80. The second kappa shape index (κ2) is 8.98. The maximum Gasteiger partial charge on any atom is 0.123 e. The van der Waals surface area contributed by atoms with Crippen LogP contribution in [0.25, 0.3) is 0 Å². The molecule has 0 aliphatic heterocycles. The zero-order valence-corrected chi connectivity index (χ0v) is 13.7. The molecule has 0 spiro atoms. The van der Waals surface area contributed by atoms with Crippen molar-refractivity contribution in [3.63, 3.8) is 0 Å². The Morgan fingerprint density at radius 3 is 2.40 bits per heavy atom. The van der Waals surface area contributed by atoms with E-state index in [0.717, 1.165) is 31.9 Å². The molecule has 0 amide bonds. The fraction of sp³-hybridized carbons (Fsp3) is 0.647. The average molecular weight is 278 g/mol. The van der Waals surface area contributed by atoms with E-state index in [-0.39, 0.29) is 0 Å². The van der Waals surface area contributed by atoms with E-state index in [1.54, 1.807) is 7.11 Å². The van der Waals surface area contributed by atoms with Crippen molar-refractivity contribution in [3.8, 4) is 5.75 Å². The van der Waals surface area contributed by atoms with Crippen molar-refractivity contribution in [1.29, 1.82) is 0 Å². The normalized spacial score (nSPS) is 12.9. The molecule has 1 atom stereocenters. The Balaban J connectivity index is 2.79. The number of para-hydroxylation sites is 1. The Hall–Kier alpha value is -1.06. The first-order chi connectivity index (χ1) is 9.63. The second-order valence-electron chi connectivity index (χ2n) is 5.35. The fourth-order valence-corrected chi connectivity index (χ4v) is 2.45. The van der Waals surface area contributed by atoms with Crippen LogP contribution in [0.2, 0.25) is 0 Å². The van der Waals surface area contributed by atoms with Crippen LogP contribution >= 0.6 is 0 Å². The number of likely N-dealkylation sites (N-methyl/N-ethyl adjacent to an activating group) is 1. The fourth-order valence-electron chi connectivity index (χ4n) is 2.45. The third-order valence-corrected chi connectivity index (χ3v) is 3.96. The minimum absolute atomic E-state index is 0.386. The van der Waals surface area contributed by atoms with Crippen LogP contribution in [0.1, 0.15) is 38.8 Å². The lowest BCUT2D eigenvalue weighted by Gasteiger charge is -2.31. The summed E-state index contributed by atoms with van der Waals surface area (Å²) in [7, 11) is 3.93. The van der Waals surface area contributed by atoms with Crippen molar-refractivity contribution in [1.82, 2.24) is 9.80 Å². The van der Waals surface area contributed by atoms with Crippen molar-refractivity contribution < 1.29 is 4.74 Å². The van der Waals surface area contributed by atoms with Gasteiger partial charge in [-0.15, -0.1) is 0 Å². The summed E-state index contributed by atoms with van der Waals surface area (Å²) >= 11 is 0. The molecule has 0 saturated carbocycles. The molecule has 0 aliphatic carbocycles. The number of hydrogen-bond acceptors (Lipinski definition) is 3.